The summed E-state index contributed by atoms with van der Waals surface area (Å²) in [7, 11) is 1.60. The van der Waals surface area contributed by atoms with Crippen LogP contribution in [0.25, 0.3) is 5.57 Å². The minimum atomic E-state index is 0.123. The fourth-order valence-electron chi connectivity index (χ4n) is 1.93. The zero-order valence-corrected chi connectivity index (χ0v) is 14.1. The number of thioether (sulfide) groups is 2. The van der Waals surface area contributed by atoms with Crippen LogP contribution in [0.2, 0.25) is 0 Å². The van der Waals surface area contributed by atoms with Gasteiger partial charge in [0.05, 0.1) is 7.11 Å². The molecule has 0 unspecified atom stereocenters. The molecule has 0 aliphatic carbocycles. The van der Waals surface area contributed by atoms with Gasteiger partial charge in [0.25, 0.3) is 0 Å². The molecule has 21 heavy (non-hydrogen) atoms. The van der Waals surface area contributed by atoms with Gasteiger partial charge < -0.3 is 4.74 Å². The second kappa shape index (κ2) is 8.46. The van der Waals surface area contributed by atoms with Crippen LogP contribution in [-0.4, -0.2) is 19.6 Å². The Labute approximate surface area is 134 Å². The lowest BCUT2D eigenvalue weighted by Gasteiger charge is -2.13. The molecule has 0 aromatic heterocycles. The summed E-state index contributed by atoms with van der Waals surface area (Å²) < 4.78 is 6.23. The molecule has 1 aromatic carbocycles. The highest BCUT2D eigenvalue weighted by atomic mass is 32.2. The number of nitrogens with zero attached hydrogens (tertiary/aromatic N) is 2. The molecule has 0 bridgehead atoms. The van der Waals surface area contributed by atoms with Crippen molar-refractivity contribution in [2.45, 2.75) is 6.92 Å². The van der Waals surface area contributed by atoms with Crippen LogP contribution < -0.4 is 4.74 Å². The average Bonchev–Trinajstić information content (AvgIpc) is 2.53. The largest absolute Gasteiger partial charge is 0.497 e. The van der Waals surface area contributed by atoms with Crippen LogP contribution in [-0.2, 0) is 0 Å². The number of methoxy groups -OCH3 is 1. The van der Waals surface area contributed by atoms with Crippen molar-refractivity contribution in [3.63, 3.8) is 0 Å². The minimum Gasteiger partial charge on any atom is -0.497 e. The summed E-state index contributed by atoms with van der Waals surface area (Å²) in [6.07, 6.45) is 3.97. The van der Waals surface area contributed by atoms with E-state index in [0.29, 0.717) is 5.57 Å². The topological polar surface area (TPSA) is 56.8 Å². The molecule has 108 valence electrons. The van der Waals surface area contributed by atoms with Gasteiger partial charge in [-0.25, -0.2) is 0 Å². The van der Waals surface area contributed by atoms with E-state index in [1.807, 2.05) is 55.8 Å². The molecule has 0 heterocycles. The molecular formula is C16H16N2OS2. The predicted molar refractivity (Wildman–Crippen MR) is 90.9 cm³/mol. The Kier molecular flexibility index (Phi) is 6.94. The van der Waals surface area contributed by atoms with Gasteiger partial charge in [0.1, 0.15) is 23.5 Å². The highest BCUT2D eigenvalue weighted by Crippen LogP contribution is 2.36. The number of hydrogen-bond donors (Lipinski definition) is 0. The third-order valence-electron chi connectivity index (χ3n) is 2.90. The first kappa shape index (κ1) is 17.2. The molecule has 0 amide bonds. The van der Waals surface area contributed by atoms with Crippen molar-refractivity contribution >= 4 is 29.1 Å². The first-order valence-electron chi connectivity index (χ1n) is 6.11. The number of hydrogen-bond acceptors (Lipinski definition) is 5. The van der Waals surface area contributed by atoms with Crippen LogP contribution in [0.3, 0.4) is 0 Å². The fourth-order valence-corrected chi connectivity index (χ4v) is 3.42. The normalized spacial score (nSPS) is 9.24. The number of ether oxygens (including phenoxy) is 1. The SMILES string of the molecule is COc1ccc(C(=C(C#N)C#N)C(C)=C(SC)SC)cc1. The Morgan fingerprint density at radius 2 is 1.57 bits per heavy atom. The molecule has 5 heteroatoms. The van der Waals surface area contributed by atoms with Crippen molar-refractivity contribution in [1.82, 2.24) is 0 Å². The van der Waals surface area contributed by atoms with Crippen LogP contribution >= 0.6 is 23.5 Å². The van der Waals surface area contributed by atoms with E-state index >= 15 is 0 Å². The summed E-state index contributed by atoms with van der Waals surface area (Å²) in [5.41, 5.74) is 2.59. The van der Waals surface area contributed by atoms with E-state index in [-0.39, 0.29) is 5.57 Å². The first-order valence-corrected chi connectivity index (χ1v) is 8.56. The lowest BCUT2D eigenvalue weighted by atomic mass is 9.95. The zero-order valence-electron chi connectivity index (χ0n) is 12.4. The number of rotatable bonds is 5. The molecule has 0 spiro atoms. The highest BCUT2D eigenvalue weighted by molar-refractivity contribution is 8.21. The fraction of sp³-hybridized carbons (Fsp3) is 0.250. The molecular weight excluding hydrogens is 300 g/mol. The van der Waals surface area contributed by atoms with Crippen molar-refractivity contribution in [3.05, 3.63) is 45.2 Å². The predicted octanol–water partition coefficient (Wildman–Crippen LogP) is 4.45. The van der Waals surface area contributed by atoms with Gasteiger partial charge in [-0.3, -0.25) is 0 Å². The second-order valence-corrected chi connectivity index (χ2v) is 5.91. The van der Waals surface area contributed by atoms with E-state index in [2.05, 4.69) is 0 Å². The molecule has 0 aliphatic rings. The van der Waals surface area contributed by atoms with Crippen LogP contribution in [0, 0.1) is 22.7 Å². The Morgan fingerprint density at radius 1 is 1.05 bits per heavy atom. The summed E-state index contributed by atoms with van der Waals surface area (Å²) in [6.45, 7) is 1.94. The van der Waals surface area contributed by atoms with E-state index < -0.39 is 0 Å². The maximum Gasteiger partial charge on any atom is 0.137 e. The molecule has 0 saturated heterocycles. The van der Waals surface area contributed by atoms with Crippen LogP contribution in [0.1, 0.15) is 12.5 Å². The van der Waals surface area contributed by atoms with E-state index in [4.69, 9.17) is 4.74 Å². The first-order chi connectivity index (χ1) is 10.1. The van der Waals surface area contributed by atoms with Gasteiger partial charge in [-0.2, -0.15) is 10.5 Å². The minimum absolute atomic E-state index is 0.123. The van der Waals surface area contributed by atoms with Gasteiger partial charge in [-0.05, 0) is 42.7 Å². The van der Waals surface area contributed by atoms with Gasteiger partial charge >= 0.3 is 0 Å². The van der Waals surface area contributed by atoms with E-state index in [9.17, 15) is 10.5 Å². The van der Waals surface area contributed by atoms with Crippen molar-refractivity contribution < 1.29 is 4.74 Å². The third-order valence-corrected chi connectivity index (χ3v) is 5.26. The summed E-state index contributed by atoms with van der Waals surface area (Å²) in [5.74, 6) is 0.741. The lowest BCUT2D eigenvalue weighted by molar-refractivity contribution is 0.415. The molecule has 3 nitrogen and oxygen atoms in total. The number of benzene rings is 1. The number of allylic oxidation sites excluding steroid dienone is 3. The molecule has 0 atom stereocenters. The maximum absolute atomic E-state index is 9.24. The summed E-state index contributed by atoms with van der Waals surface area (Å²) in [6, 6.07) is 11.4. The smallest absolute Gasteiger partial charge is 0.137 e. The molecule has 0 N–H and O–H groups in total. The Morgan fingerprint density at radius 3 is 1.95 bits per heavy atom. The third kappa shape index (κ3) is 4.07. The van der Waals surface area contributed by atoms with Crippen LogP contribution in [0.5, 0.6) is 5.75 Å². The monoisotopic (exact) mass is 316 g/mol. The van der Waals surface area contributed by atoms with Crippen LogP contribution in [0.15, 0.2) is 39.6 Å². The van der Waals surface area contributed by atoms with Crippen molar-refractivity contribution in [2.24, 2.45) is 0 Å². The van der Waals surface area contributed by atoms with E-state index in [1.54, 1.807) is 30.6 Å². The van der Waals surface area contributed by atoms with Gasteiger partial charge in [0.2, 0.25) is 0 Å². The molecule has 0 aliphatic heterocycles. The lowest BCUT2D eigenvalue weighted by Crippen LogP contribution is -1.94. The van der Waals surface area contributed by atoms with E-state index in [0.717, 1.165) is 21.1 Å². The molecule has 1 aromatic rings. The van der Waals surface area contributed by atoms with E-state index in [1.165, 1.54) is 0 Å². The van der Waals surface area contributed by atoms with Gasteiger partial charge in [-0.1, -0.05) is 12.1 Å². The average molecular weight is 316 g/mol. The van der Waals surface area contributed by atoms with Gasteiger partial charge in [0, 0.05) is 9.81 Å². The highest BCUT2D eigenvalue weighted by Gasteiger charge is 2.15. The Balaban J connectivity index is 3.56. The van der Waals surface area contributed by atoms with Crippen molar-refractivity contribution in [2.75, 3.05) is 19.6 Å². The summed E-state index contributed by atoms with van der Waals surface area (Å²) >= 11 is 3.22. The molecule has 0 saturated carbocycles. The molecule has 0 fully saturated rings. The zero-order chi connectivity index (χ0) is 15.8. The quantitative estimate of drug-likeness (QED) is 0.593. The van der Waals surface area contributed by atoms with Crippen LogP contribution in [0.4, 0.5) is 0 Å². The van der Waals surface area contributed by atoms with Gasteiger partial charge in [-0.15, -0.1) is 23.5 Å². The second-order valence-electron chi connectivity index (χ2n) is 4.02. The maximum atomic E-state index is 9.24. The number of nitriles is 2. The summed E-state index contributed by atoms with van der Waals surface area (Å²) in [4.78, 5) is 0. The van der Waals surface area contributed by atoms with Gasteiger partial charge in [0.15, 0.2) is 0 Å². The van der Waals surface area contributed by atoms with Crippen molar-refractivity contribution in [1.29, 1.82) is 10.5 Å². The Bertz CT molecular complexity index is 624. The summed E-state index contributed by atoms with van der Waals surface area (Å²) in [5, 5.41) is 18.5. The Hall–Kier alpha value is -1.82. The molecule has 0 radical (unpaired) electrons. The standard InChI is InChI=1S/C16H16N2OS2/c1-11(16(20-3)21-4)15(13(9-17)10-18)12-5-7-14(19-2)8-6-12/h5-8H,1-4H3. The molecule has 1 rings (SSSR count). The van der Waals surface area contributed by atoms with Crippen molar-refractivity contribution in [3.8, 4) is 17.9 Å².